The molecular weight excluding hydrogens is 307 g/mol. The fraction of sp³-hybridized carbons (Fsp3) is 0.235. The number of hydrogen-bond donors (Lipinski definition) is 1. The first-order valence-electron chi connectivity index (χ1n) is 6.90. The number of nitrogens with one attached hydrogen (secondary N) is 1. The molecule has 6 heteroatoms. The number of hydrogen-bond acceptors (Lipinski definition) is 2. The number of rotatable bonds is 4. The minimum atomic E-state index is -4.38. The van der Waals surface area contributed by atoms with Gasteiger partial charge in [0, 0.05) is 0 Å². The van der Waals surface area contributed by atoms with Crippen LogP contribution in [-0.4, -0.2) is 13.0 Å². The normalized spacial score (nSPS) is 11.2. The van der Waals surface area contributed by atoms with E-state index in [1.54, 1.807) is 12.1 Å². The minimum Gasteiger partial charge on any atom is -0.495 e. The predicted molar refractivity (Wildman–Crippen MR) is 81.5 cm³/mol. The Balaban J connectivity index is 2.07. The van der Waals surface area contributed by atoms with Crippen LogP contribution < -0.4 is 10.1 Å². The van der Waals surface area contributed by atoms with E-state index in [2.05, 4.69) is 5.32 Å². The summed E-state index contributed by atoms with van der Waals surface area (Å²) in [7, 11) is 1.50. The highest BCUT2D eigenvalue weighted by Crippen LogP contribution is 2.29. The molecule has 3 nitrogen and oxygen atoms in total. The molecule has 122 valence electrons. The molecule has 1 N–H and O–H groups in total. The van der Waals surface area contributed by atoms with Crippen molar-refractivity contribution in [1.29, 1.82) is 0 Å². The molecule has 0 fully saturated rings. The molecule has 0 aliphatic carbocycles. The first kappa shape index (κ1) is 16.9. The van der Waals surface area contributed by atoms with Crippen LogP contribution in [0.5, 0.6) is 5.75 Å². The van der Waals surface area contributed by atoms with Gasteiger partial charge in [0.2, 0.25) is 5.91 Å². The number of methoxy groups -OCH3 is 1. The zero-order valence-corrected chi connectivity index (χ0v) is 12.7. The molecule has 0 heterocycles. The number of ether oxygens (including phenoxy) is 1. The Bertz CT molecular complexity index is 694. The van der Waals surface area contributed by atoms with Crippen LogP contribution in [0.15, 0.2) is 42.5 Å². The molecule has 0 saturated carbocycles. The maximum Gasteiger partial charge on any atom is 0.416 e. The molecule has 1 amide bonds. The average molecular weight is 323 g/mol. The van der Waals surface area contributed by atoms with Crippen LogP contribution in [-0.2, 0) is 17.4 Å². The van der Waals surface area contributed by atoms with Crippen LogP contribution in [0, 0.1) is 6.92 Å². The SMILES string of the molecule is COc1ccc(C)cc1NC(=O)Cc1ccc(C(F)(F)F)cc1. The number of aryl methyl sites for hydroxylation is 1. The summed E-state index contributed by atoms with van der Waals surface area (Å²) in [5.41, 5.74) is 1.25. The lowest BCUT2D eigenvalue weighted by atomic mass is 10.1. The summed E-state index contributed by atoms with van der Waals surface area (Å²) < 4.78 is 42.7. The zero-order valence-electron chi connectivity index (χ0n) is 12.7. The average Bonchev–Trinajstić information content (AvgIpc) is 2.47. The Kier molecular flexibility index (Phi) is 4.93. The first-order chi connectivity index (χ1) is 10.8. The molecule has 2 rings (SSSR count). The van der Waals surface area contributed by atoms with Gasteiger partial charge in [-0.05, 0) is 42.3 Å². The molecule has 0 saturated heterocycles. The van der Waals surface area contributed by atoms with Gasteiger partial charge in [-0.25, -0.2) is 0 Å². The van der Waals surface area contributed by atoms with Gasteiger partial charge in [0.15, 0.2) is 0 Å². The molecule has 0 aliphatic heterocycles. The maximum absolute atomic E-state index is 12.5. The number of anilines is 1. The highest BCUT2D eigenvalue weighted by molar-refractivity contribution is 5.93. The van der Waals surface area contributed by atoms with Gasteiger partial charge < -0.3 is 10.1 Å². The van der Waals surface area contributed by atoms with E-state index in [0.29, 0.717) is 17.0 Å². The van der Waals surface area contributed by atoms with Crippen molar-refractivity contribution in [3.05, 3.63) is 59.2 Å². The van der Waals surface area contributed by atoms with E-state index in [9.17, 15) is 18.0 Å². The fourth-order valence-corrected chi connectivity index (χ4v) is 2.11. The van der Waals surface area contributed by atoms with Crippen LogP contribution in [0.2, 0.25) is 0 Å². The Morgan fingerprint density at radius 1 is 1.13 bits per heavy atom. The summed E-state index contributed by atoms with van der Waals surface area (Å²) in [6.07, 6.45) is -4.40. The summed E-state index contributed by atoms with van der Waals surface area (Å²) in [6, 6.07) is 9.90. The second kappa shape index (κ2) is 6.73. The molecule has 0 atom stereocenters. The largest absolute Gasteiger partial charge is 0.495 e. The van der Waals surface area contributed by atoms with Crippen LogP contribution in [0.1, 0.15) is 16.7 Å². The minimum absolute atomic E-state index is 0.0186. The molecule has 0 radical (unpaired) electrons. The topological polar surface area (TPSA) is 38.3 Å². The number of carbonyl (C=O) groups excluding carboxylic acids is 1. The van der Waals surface area contributed by atoms with E-state index in [4.69, 9.17) is 4.74 Å². The quantitative estimate of drug-likeness (QED) is 0.915. The van der Waals surface area contributed by atoms with Gasteiger partial charge in [0.05, 0.1) is 24.8 Å². The van der Waals surface area contributed by atoms with Crippen molar-refractivity contribution in [2.24, 2.45) is 0 Å². The van der Waals surface area contributed by atoms with Gasteiger partial charge in [0.25, 0.3) is 0 Å². The van der Waals surface area contributed by atoms with E-state index in [0.717, 1.165) is 17.7 Å². The van der Waals surface area contributed by atoms with E-state index >= 15 is 0 Å². The first-order valence-corrected chi connectivity index (χ1v) is 6.90. The smallest absolute Gasteiger partial charge is 0.416 e. The van der Waals surface area contributed by atoms with E-state index in [1.807, 2.05) is 13.0 Å². The fourth-order valence-electron chi connectivity index (χ4n) is 2.11. The van der Waals surface area contributed by atoms with Crippen molar-refractivity contribution in [2.75, 3.05) is 12.4 Å². The zero-order chi connectivity index (χ0) is 17.0. The van der Waals surface area contributed by atoms with Crippen LogP contribution in [0.4, 0.5) is 18.9 Å². The van der Waals surface area contributed by atoms with Crippen molar-refractivity contribution in [3.63, 3.8) is 0 Å². The maximum atomic E-state index is 12.5. The highest BCUT2D eigenvalue weighted by Gasteiger charge is 2.29. The third-order valence-corrected chi connectivity index (χ3v) is 3.28. The van der Waals surface area contributed by atoms with Gasteiger partial charge in [-0.15, -0.1) is 0 Å². The molecular formula is C17H16F3NO2. The molecule has 0 spiro atoms. The Hall–Kier alpha value is -2.50. The van der Waals surface area contributed by atoms with Gasteiger partial charge in [-0.2, -0.15) is 13.2 Å². The number of alkyl halides is 3. The lowest BCUT2D eigenvalue weighted by Crippen LogP contribution is -2.15. The Morgan fingerprint density at radius 3 is 2.35 bits per heavy atom. The van der Waals surface area contributed by atoms with E-state index in [-0.39, 0.29) is 12.3 Å². The standard InChI is InChI=1S/C17H16F3NO2/c1-11-3-8-15(23-2)14(9-11)21-16(22)10-12-4-6-13(7-5-12)17(18,19)20/h3-9H,10H2,1-2H3,(H,21,22). The Morgan fingerprint density at radius 2 is 1.78 bits per heavy atom. The molecule has 0 aliphatic rings. The third kappa shape index (κ3) is 4.48. The highest BCUT2D eigenvalue weighted by atomic mass is 19.4. The van der Waals surface area contributed by atoms with E-state index < -0.39 is 11.7 Å². The molecule has 23 heavy (non-hydrogen) atoms. The molecule has 0 unspecified atom stereocenters. The molecule has 2 aromatic rings. The van der Waals surface area contributed by atoms with Gasteiger partial charge >= 0.3 is 6.18 Å². The second-order valence-corrected chi connectivity index (χ2v) is 5.12. The van der Waals surface area contributed by atoms with Crippen LogP contribution in [0.3, 0.4) is 0 Å². The van der Waals surface area contributed by atoms with Gasteiger partial charge in [-0.1, -0.05) is 18.2 Å². The van der Waals surface area contributed by atoms with Crippen LogP contribution >= 0.6 is 0 Å². The summed E-state index contributed by atoms with van der Waals surface area (Å²) in [5.74, 6) is 0.199. The summed E-state index contributed by atoms with van der Waals surface area (Å²) in [6.45, 7) is 1.88. The summed E-state index contributed by atoms with van der Waals surface area (Å²) in [4.78, 5) is 12.1. The van der Waals surface area contributed by atoms with Crippen molar-refractivity contribution >= 4 is 11.6 Å². The number of halogens is 3. The number of carbonyl (C=O) groups is 1. The Labute approximate surface area is 132 Å². The second-order valence-electron chi connectivity index (χ2n) is 5.12. The lowest BCUT2D eigenvalue weighted by Gasteiger charge is -2.11. The lowest BCUT2D eigenvalue weighted by molar-refractivity contribution is -0.137. The monoisotopic (exact) mass is 323 g/mol. The third-order valence-electron chi connectivity index (χ3n) is 3.28. The van der Waals surface area contributed by atoms with Gasteiger partial charge in [-0.3, -0.25) is 4.79 Å². The number of amides is 1. The van der Waals surface area contributed by atoms with E-state index in [1.165, 1.54) is 19.2 Å². The van der Waals surface area contributed by atoms with Crippen molar-refractivity contribution in [3.8, 4) is 5.75 Å². The van der Waals surface area contributed by atoms with Crippen molar-refractivity contribution < 1.29 is 22.7 Å². The van der Waals surface area contributed by atoms with Crippen molar-refractivity contribution in [1.82, 2.24) is 0 Å². The van der Waals surface area contributed by atoms with Gasteiger partial charge in [0.1, 0.15) is 5.75 Å². The van der Waals surface area contributed by atoms with Crippen molar-refractivity contribution in [2.45, 2.75) is 19.5 Å². The molecule has 0 bridgehead atoms. The predicted octanol–water partition coefficient (Wildman–Crippen LogP) is 4.20. The molecule has 0 aromatic heterocycles. The molecule has 2 aromatic carbocycles. The number of benzene rings is 2. The van der Waals surface area contributed by atoms with Crippen LogP contribution in [0.25, 0.3) is 0 Å². The summed E-state index contributed by atoms with van der Waals surface area (Å²) >= 11 is 0. The summed E-state index contributed by atoms with van der Waals surface area (Å²) in [5, 5.41) is 2.71.